The van der Waals surface area contributed by atoms with Crippen molar-refractivity contribution < 1.29 is 28.5 Å². The van der Waals surface area contributed by atoms with Gasteiger partial charge in [0, 0.05) is 17.6 Å². The Morgan fingerprint density at radius 1 is 0.844 bits per heavy atom. The van der Waals surface area contributed by atoms with Crippen molar-refractivity contribution in [1.82, 2.24) is 9.88 Å². The average Bonchev–Trinajstić information content (AvgIpc) is 2.72. The average molecular weight is 445 g/mol. The molecule has 0 saturated heterocycles. The van der Waals surface area contributed by atoms with Crippen LogP contribution in [0.2, 0.25) is 0 Å². The maximum absolute atomic E-state index is 13.5. The van der Waals surface area contributed by atoms with Crippen molar-refractivity contribution in [2.45, 2.75) is 59.7 Å². The Hall–Kier alpha value is -3.29. The molecule has 0 atom stereocenters. The Labute approximate surface area is 189 Å². The van der Waals surface area contributed by atoms with Crippen molar-refractivity contribution in [2.75, 3.05) is 14.2 Å². The van der Waals surface area contributed by atoms with E-state index in [1.807, 2.05) is 27.7 Å². The molecule has 0 spiro atoms. The van der Waals surface area contributed by atoms with Crippen molar-refractivity contribution in [2.24, 2.45) is 0 Å². The molecule has 2 rings (SSSR count). The lowest BCUT2D eigenvalue weighted by Gasteiger charge is -2.30. The van der Waals surface area contributed by atoms with E-state index >= 15 is 0 Å². The lowest BCUT2D eigenvalue weighted by molar-refractivity contribution is 0.102. The standard InChI is InChI=1S/C24H32N2O6/c1-14(2)26(15(3)4)24(28)32-20-18(19(27)17-12-10-9-11-13-17)22(31-16(5)6)25-23(30-8)21(20)29-7/h9-16H,1-8H3. The van der Waals surface area contributed by atoms with Crippen molar-refractivity contribution in [3.8, 4) is 23.3 Å². The first-order chi connectivity index (χ1) is 15.1. The molecular weight excluding hydrogens is 412 g/mol. The molecule has 0 radical (unpaired) electrons. The molecule has 2 aromatic rings. The fourth-order valence-corrected chi connectivity index (χ4v) is 3.32. The molecule has 1 heterocycles. The fourth-order valence-electron chi connectivity index (χ4n) is 3.32. The topological polar surface area (TPSA) is 87.2 Å². The molecule has 0 saturated carbocycles. The number of ketones is 1. The van der Waals surface area contributed by atoms with Gasteiger partial charge < -0.3 is 23.8 Å². The van der Waals surface area contributed by atoms with Gasteiger partial charge in [0.15, 0.2) is 5.75 Å². The number of rotatable bonds is 9. The third kappa shape index (κ3) is 5.49. The predicted molar refractivity (Wildman–Crippen MR) is 121 cm³/mol. The van der Waals surface area contributed by atoms with Crippen molar-refractivity contribution in [3.05, 3.63) is 41.5 Å². The molecule has 174 valence electrons. The van der Waals surface area contributed by atoms with Gasteiger partial charge in [0.05, 0.1) is 20.3 Å². The van der Waals surface area contributed by atoms with Gasteiger partial charge >= 0.3 is 6.09 Å². The fraction of sp³-hybridized carbons (Fsp3) is 0.458. The number of pyridine rings is 1. The van der Waals surface area contributed by atoms with E-state index in [2.05, 4.69) is 4.98 Å². The molecule has 0 fully saturated rings. The van der Waals surface area contributed by atoms with Crippen LogP contribution in [-0.4, -0.2) is 54.2 Å². The van der Waals surface area contributed by atoms with E-state index in [4.69, 9.17) is 18.9 Å². The van der Waals surface area contributed by atoms with Gasteiger partial charge in [-0.2, -0.15) is 4.98 Å². The summed E-state index contributed by atoms with van der Waals surface area (Å²) < 4.78 is 22.4. The van der Waals surface area contributed by atoms with E-state index in [0.717, 1.165) is 0 Å². The van der Waals surface area contributed by atoms with E-state index in [9.17, 15) is 9.59 Å². The highest BCUT2D eigenvalue weighted by Gasteiger charge is 2.33. The second kappa shape index (κ2) is 10.8. The van der Waals surface area contributed by atoms with E-state index in [1.165, 1.54) is 14.2 Å². The third-order valence-corrected chi connectivity index (χ3v) is 4.57. The zero-order chi connectivity index (χ0) is 24.0. The predicted octanol–water partition coefficient (Wildman–Crippen LogP) is 4.73. The summed E-state index contributed by atoms with van der Waals surface area (Å²) in [4.78, 5) is 32.6. The van der Waals surface area contributed by atoms with Crippen LogP contribution in [0.25, 0.3) is 0 Å². The lowest BCUT2D eigenvalue weighted by Crippen LogP contribution is -2.43. The Morgan fingerprint density at radius 2 is 1.44 bits per heavy atom. The van der Waals surface area contributed by atoms with Crippen molar-refractivity contribution >= 4 is 11.9 Å². The lowest BCUT2D eigenvalue weighted by atomic mass is 10.0. The van der Waals surface area contributed by atoms with Gasteiger partial charge in [-0.05, 0) is 41.5 Å². The highest BCUT2D eigenvalue weighted by molar-refractivity contribution is 6.13. The van der Waals surface area contributed by atoms with Crippen LogP contribution in [-0.2, 0) is 0 Å². The van der Waals surface area contributed by atoms with E-state index in [0.29, 0.717) is 5.56 Å². The molecule has 1 amide bonds. The minimum absolute atomic E-state index is 0.00468. The van der Waals surface area contributed by atoms with Gasteiger partial charge in [0.25, 0.3) is 5.88 Å². The Bertz CT molecular complexity index is 933. The van der Waals surface area contributed by atoms with Gasteiger partial charge in [-0.15, -0.1) is 0 Å². The molecule has 8 heteroatoms. The summed E-state index contributed by atoms with van der Waals surface area (Å²) in [6.07, 6.45) is -0.923. The summed E-state index contributed by atoms with van der Waals surface area (Å²) in [7, 11) is 2.79. The molecule has 8 nitrogen and oxygen atoms in total. The number of carbonyl (C=O) groups excluding carboxylic acids is 2. The van der Waals surface area contributed by atoms with Crippen LogP contribution in [0.15, 0.2) is 30.3 Å². The van der Waals surface area contributed by atoms with E-state index < -0.39 is 11.9 Å². The quantitative estimate of drug-likeness (QED) is 0.517. The van der Waals surface area contributed by atoms with Crippen molar-refractivity contribution in [3.63, 3.8) is 0 Å². The Balaban J connectivity index is 2.77. The molecule has 1 aromatic heterocycles. The summed E-state index contributed by atoms with van der Waals surface area (Å²) >= 11 is 0. The molecule has 0 unspecified atom stereocenters. The zero-order valence-electron chi connectivity index (χ0n) is 20.0. The molecule has 0 aliphatic heterocycles. The van der Waals surface area contributed by atoms with Gasteiger partial charge in [-0.3, -0.25) is 4.79 Å². The largest absolute Gasteiger partial charge is 0.489 e. The molecule has 0 aliphatic carbocycles. The highest BCUT2D eigenvalue weighted by atomic mass is 16.6. The van der Waals surface area contributed by atoms with Gasteiger partial charge in [0.1, 0.15) is 5.56 Å². The van der Waals surface area contributed by atoms with E-state index in [1.54, 1.807) is 49.1 Å². The summed E-state index contributed by atoms with van der Waals surface area (Å²) in [6, 6.07) is 8.37. The van der Waals surface area contributed by atoms with Crippen LogP contribution in [0.1, 0.15) is 57.5 Å². The maximum Gasteiger partial charge on any atom is 0.415 e. The summed E-state index contributed by atoms with van der Waals surface area (Å²) in [5.74, 6) is -0.451. The van der Waals surface area contributed by atoms with Gasteiger partial charge in [0.2, 0.25) is 17.4 Å². The maximum atomic E-state index is 13.5. The Kier molecular flexibility index (Phi) is 8.46. The summed E-state index contributed by atoms with van der Waals surface area (Å²) in [6.45, 7) is 11.1. The molecule has 0 bridgehead atoms. The summed E-state index contributed by atoms with van der Waals surface area (Å²) in [5, 5.41) is 0. The molecule has 0 aliphatic rings. The number of carbonyl (C=O) groups is 2. The van der Waals surface area contributed by atoms with Crippen LogP contribution in [0.5, 0.6) is 23.3 Å². The number of methoxy groups -OCH3 is 2. The summed E-state index contributed by atoms with van der Waals surface area (Å²) in [5.41, 5.74) is 0.375. The van der Waals surface area contributed by atoms with Crippen LogP contribution in [0.4, 0.5) is 4.79 Å². The van der Waals surface area contributed by atoms with E-state index in [-0.39, 0.29) is 47.0 Å². The second-order valence-corrected chi connectivity index (χ2v) is 7.99. The second-order valence-electron chi connectivity index (χ2n) is 7.99. The monoisotopic (exact) mass is 444 g/mol. The number of hydrogen-bond donors (Lipinski definition) is 0. The number of nitrogens with zero attached hydrogens (tertiary/aromatic N) is 2. The van der Waals surface area contributed by atoms with Crippen LogP contribution < -0.4 is 18.9 Å². The number of aromatic nitrogens is 1. The first-order valence-electron chi connectivity index (χ1n) is 10.5. The smallest absolute Gasteiger partial charge is 0.415 e. The molecule has 32 heavy (non-hydrogen) atoms. The van der Waals surface area contributed by atoms with Crippen LogP contribution in [0.3, 0.4) is 0 Å². The van der Waals surface area contributed by atoms with Crippen LogP contribution in [0, 0.1) is 0 Å². The zero-order valence-corrected chi connectivity index (χ0v) is 20.0. The third-order valence-electron chi connectivity index (χ3n) is 4.57. The molecular formula is C24H32N2O6. The molecule has 0 N–H and O–H groups in total. The SMILES string of the molecule is COc1nc(OC(C)C)c(C(=O)c2ccccc2)c(OC(=O)N(C(C)C)C(C)C)c1OC. The number of ether oxygens (including phenoxy) is 4. The first kappa shape index (κ1) is 25.0. The minimum atomic E-state index is -0.626. The first-order valence-corrected chi connectivity index (χ1v) is 10.5. The minimum Gasteiger partial charge on any atom is -0.489 e. The molecule has 1 aromatic carbocycles. The number of amides is 1. The number of hydrogen-bond acceptors (Lipinski definition) is 7. The Morgan fingerprint density at radius 3 is 1.91 bits per heavy atom. The van der Waals surface area contributed by atoms with Crippen LogP contribution >= 0.6 is 0 Å². The normalized spacial score (nSPS) is 11.0. The highest BCUT2D eigenvalue weighted by Crippen LogP contribution is 2.44. The number of benzene rings is 1. The van der Waals surface area contributed by atoms with Gasteiger partial charge in [-0.25, -0.2) is 4.79 Å². The van der Waals surface area contributed by atoms with Gasteiger partial charge in [-0.1, -0.05) is 30.3 Å². The van der Waals surface area contributed by atoms with Crippen molar-refractivity contribution in [1.29, 1.82) is 0 Å².